The number of aromatic nitrogens is 1. The van der Waals surface area contributed by atoms with Gasteiger partial charge < -0.3 is 19.7 Å². The molecule has 3 rings (SSSR count). The Hall–Kier alpha value is -3.68. The van der Waals surface area contributed by atoms with Gasteiger partial charge in [0, 0.05) is 11.9 Å². The highest BCUT2D eigenvalue weighted by atomic mass is 16.5. The van der Waals surface area contributed by atoms with Gasteiger partial charge in [-0.05, 0) is 24.6 Å². The van der Waals surface area contributed by atoms with E-state index in [1.54, 1.807) is 28.8 Å². The van der Waals surface area contributed by atoms with Crippen LogP contribution in [0.4, 0.5) is 5.69 Å². The fourth-order valence-electron chi connectivity index (χ4n) is 2.85. The second kappa shape index (κ2) is 9.50. The lowest BCUT2D eigenvalue weighted by molar-refractivity contribution is -0.126. The predicted molar refractivity (Wildman–Crippen MR) is 108 cm³/mol. The second-order valence-electron chi connectivity index (χ2n) is 6.31. The summed E-state index contributed by atoms with van der Waals surface area (Å²) < 4.78 is 7.04. The summed E-state index contributed by atoms with van der Waals surface area (Å²) in [5.41, 5.74) is 1.06. The van der Waals surface area contributed by atoms with Crippen LogP contribution in [0.25, 0.3) is 10.9 Å². The lowest BCUT2D eigenvalue weighted by Crippen LogP contribution is -2.32. The van der Waals surface area contributed by atoms with E-state index in [-0.39, 0.29) is 24.7 Å². The molecule has 0 bridgehead atoms. The number of nitrogens with one attached hydrogen (secondary N) is 1. The summed E-state index contributed by atoms with van der Waals surface area (Å²) in [6.45, 7) is 2.10. The monoisotopic (exact) mass is 394 g/mol. The Morgan fingerprint density at radius 2 is 1.83 bits per heavy atom. The number of para-hydroxylation sites is 2. The maximum atomic E-state index is 12.0. The van der Waals surface area contributed by atoms with E-state index >= 15 is 0 Å². The average molecular weight is 394 g/mol. The molecule has 150 valence electrons. The van der Waals surface area contributed by atoms with Gasteiger partial charge in [0.15, 0.2) is 12.3 Å². The Bertz CT molecular complexity index is 1030. The Labute approximate surface area is 167 Å². The number of aryl methyl sites for hydroxylation is 1. The minimum absolute atomic E-state index is 0.0371. The molecule has 3 aromatic rings. The summed E-state index contributed by atoms with van der Waals surface area (Å²) in [5.74, 6) is -0.554. The molecular formula is C21H22N4O4. The molecule has 0 atom stereocenters. The molecular weight excluding hydrogens is 372 g/mol. The number of ether oxygens (including phenoxy) is 1. The maximum Gasteiger partial charge on any atom is 0.283 e. The number of carbonyl (C=O) groups excluding carboxylic acids is 2. The minimum atomic E-state index is -0.634. The van der Waals surface area contributed by atoms with Crippen molar-refractivity contribution in [2.24, 2.45) is 10.2 Å². The molecule has 0 saturated carbocycles. The zero-order valence-electron chi connectivity index (χ0n) is 16.0. The Morgan fingerprint density at radius 3 is 2.59 bits per heavy atom. The van der Waals surface area contributed by atoms with Gasteiger partial charge >= 0.3 is 0 Å². The van der Waals surface area contributed by atoms with Gasteiger partial charge in [-0.3, -0.25) is 9.59 Å². The summed E-state index contributed by atoms with van der Waals surface area (Å²) in [4.78, 5) is 23.8. The van der Waals surface area contributed by atoms with Crippen LogP contribution in [0.3, 0.4) is 0 Å². The van der Waals surface area contributed by atoms with Crippen LogP contribution in [0, 0.1) is 0 Å². The SMILES string of the molecule is CCCn1c(O)c(N=NC(=O)CNC(=O)COc2ccccc2)c2ccccc21. The van der Waals surface area contributed by atoms with Crippen molar-refractivity contribution < 1.29 is 19.4 Å². The van der Waals surface area contributed by atoms with Crippen LogP contribution in [0.2, 0.25) is 0 Å². The molecule has 0 aliphatic heterocycles. The molecule has 0 radical (unpaired) electrons. The second-order valence-corrected chi connectivity index (χ2v) is 6.31. The third-order valence-electron chi connectivity index (χ3n) is 4.18. The number of azo groups is 1. The number of fused-ring (bicyclic) bond motifs is 1. The smallest absolute Gasteiger partial charge is 0.283 e. The molecule has 0 fully saturated rings. The first kappa shape index (κ1) is 20.1. The van der Waals surface area contributed by atoms with Crippen LogP contribution in [0.1, 0.15) is 13.3 Å². The van der Waals surface area contributed by atoms with Gasteiger partial charge in [0.2, 0.25) is 5.88 Å². The van der Waals surface area contributed by atoms with E-state index in [2.05, 4.69) is 15.5 Å². The van der Waals surface area contributed by atoms with Gasteiger partial charge in [-0.1, -0.05) is 43.3 Å². The third-order valence-corrected chi connectivity index (χ3v) is 4.18. The fraction of sp³-hybridized carbons (Fsp3) is 0.238. The molecule has 0 aliphatic rings. The van der Waals surface area contributed by atoms with Crippen LogP contribution in [-0.2, 0) is 16.1 Å². The van der Waals surface area contributed by atoms with Crippen molar-refractivity contribution in [2.45, 2.75) is 19.9 Å². The molecule has 1 aromatic heterocycles. The first-order valence-corrected chi connectivity index (χ1v) is 9.29. The van der Waals surface area contributed by atoms with E-state index in [0.29, 0.717) is 17.7 Å². The number of benzene rings is 2. The van der Waals surface area contributed by atoms with E-state index in [9.17, 15) is 14.7 Å². The van der Waals surface area contributed by atoms with E-state index in [4.69, 9.17) is 4.74 Å². The molecule has 29 heavy (non-hydrogen) atoms. The number of rotatable bonds is 8. The standard InChI is InChI=1S/C21H22N4O4/c1-2-12-25-17-11-7-6-10-16(17)20(21(25)28)24-23-18(26)13-22-19(27)14-29-15-8-4-3-5-9-15/h3-11,28H,2,12-14H2,1H3,(H,22,27). The Balaban J connectivity index is 1.59. The lowest BCUT2D eigenvalue weighted by Gasteiger charge is -2.05. The van der Waals surface area contributed by atoms with Crippen LogP contribution in [0.15, 0.2) is 64.8 Å². The third kappa shape index (κ3) is 4.98. The molecule has 0 saturated heterocycles. The fourth-order valence-corrected chi connectivity index (χ4v) is 2.85. The average Bonchev–Trinajstić information content (AvgIpc) is 3.01. The van der Waals surface area contributed by atoms with Crippen LogP contribution < -0.4 is 10.1 Å². The molecule has 2 aromatic carbocycles. The van der Waals surface area contributed by atoms with Crippen molar-refractivity contribution in [3.05, 3.63) is 54.6 Å². The quantitative estimate of drug-likeness (QED) is 0.570. The van der Waals surface area contributed by atoms with Gasteiger partial charge in [0.25, 0.3) is 11.8 Å². The molecule has 0 unspecified atom stereocenters. The summed E-state index contributed by atoms with van der Waals surface area (Å²) >= 11 is 0. The van der Waals surface area contributed by atoms with Gasteiger partial charge in [0.05, 0.1) is 5.52 Å². The first-order chi connectivity index (χ1) is 14.1. The molecule has 8 nitrogen and oxygen atoms in total. The van der Waals surface area contributed by atoms with E-state index in [1.807, 2.05) is 37.3 Å². The summed E-state index contributed by atoms with van der Waals surface area (Å²) in [7, 11) is 0. The van der Waals surface area contributed by atoms with Gasteiger partial charge in [-0.15, -0.1) is 10.2 Å². The predicted octanol–water partition coefficient (Wildman–Crippen LogP) is 3.56. The van der Waals surface area contributed by atoms with E-state index in [0.717, 1.165) is 11.9 Å². The van der Waals surface area contributed by atoms with Crippen molar-refractivity contribution in [2.75, 3.05) is 13.2 Å². The summed E-state index contributed by atoms with van der Waals surface area (Å²) in [6, 6.07) is 16.3. The van der Waals surface area contributed by atoms with Crippen molar-refractivity contribution in [3.63, 3.8) is 0 Å². The molecule has 0 aliphatic carbocycles. The largest absolute Gasteiger partial charge is 0.493 e. The minimum Gasteiger partial charge on any atom is -0.493 e. The van der Waals surface area contributed by atoms with Crippen LogP contribution >= 0.6 is 0 Å². The van der Waals surface area contributed by atoms with E-state index in [1.165, 1.54) is 0 Å². The van der Waals surface area contributed by atoms with Gasteiger partial charge in [-0.2, -0.15) is 0 Å². The first-order valence-electron chi connectivity index (χ1n) is 9.29. The normalized spacial score (nSPS) is 11.1. The molecule has 1 heterocycles. The maximum absolute atomic E-state index is 12.0. The number of aromatic hydroxyl groups is 1. The van der Waals surface area contributed by atoms with Crippen molar-refractivity contribution >= 4 is 28.4 Å². The molecule has 0 spiro atoms. The number of hydrogen-bond donors (Lipinski definition) is 2. The Kier molecular flexibility index (Phi) is 6.57. The van der Waals surface area contributed by atoms with Gasteiger partial charge in [0.1, 0.15) is 12.3 Å². The molecule has 8 heteroatoms. The number of amides is 2. The van der Waals surface area contributed by atoms with E-state index < -0.39 is 11.8 Å². The lowest BCUT2D eigenvalue weighted by atomic mass is 10.2. The summed E-state index contributed by atoms with van der Waals surface area (Å²) in [5, 5.41) is 21.2. The molecule has 2 amide bonds. The number of hydrogen-bond acceptors (Lipinski definition) is 5. The topological polar surface area (TPSA) is 105 Å². The Morgan fingerprint density at radius 1 is 1.10 bits per heavy atom. The molecule has 2 N–H and O–H groups in total. The highest BCUT2D eigenvalue weighted by Gasteiger charge is 2.16. The van der Waals surface area contributed by atoms with Crippen molar-refractivity contribution in [1.29, 1.82) is 0 Å². The number of carbonyl (C=O) groups is 2. The van der Waals surface area contributed by atoms with Gasteiger partial charge in [-0.25, -0.2) is 0 Å². The zero-order chi connectivity index (χ0) is 20.6. The van der Waals surface area contributed by atoms with Crippen LogP contribution in [0.5, 0.6) is 11.6 Å². The summed E-state index contributed by atoms with van der Waals surface area (Å²) in [6.07, 6.45) is 0.832. The highest BCUT2D eigenvalue weighted by molar-refractivity contribution is 5.95. The highest BCUT2D eigenvalue weighted by Crippen LogP contribution is 2.38. The number of nitrogens with zero attached hydrogens (tertiary/aromatic N) is 3. The van der Waals surface area contributed by atoms with Crippen molar-refractivity contribution in [1.82, 2.24) is 9.88 Å². The van der Waals surface area contributed by atoms with Crippen molar-refractivity contribution in [3.8, 4) is 11.6 Å². The van der Waals surface area contributed by atoms with Crippen LogP contribution in [-0.4, -0.2) is 34.6 Å². The zero-order valence-corrected chi connectivity index (χ0v) is 16.0.